The molecule has 23 heavy (non-hydrogen) atoms. The SMILES string of the molecule is OCC1O[C@@H](O[C@H]2C(CO)O[C@@H](O)C(O)[C@@H]2O)C(O)[C@H](O)[C@H]1O. The normalized spacial score (nSPS) is 51.7. The predicted molar refractivity (Wildman–Crippen MR) is 68.6 cm³/mol. The van der Waals surface area contributed by atoms with E-state index in [1.54, 1.807) is 0 Å². The summed E-state index contributed by atoms with van der Waals surface area (Å²) in [5.41, 5.74) is 0. The van der Waals surface area contributed by atoms with E-state index in [0.717, 1.165) is 0 Å². The molecule has 0 saturated carbocycles. The lowest BCUT2D eigenvalue weighted by atomic mass is 9.97. The smallest absolute Gasteiger partial charge is 0.187 e. The summed E-state index contributed by atoms with van der Waals surface area (Å²) in [5.74, 6) is 0. The average molecular weight is 342 g/mol. The summed E-state index contributed by atoms with van der Waals surface area (Å²) < 4.78 is 15.3. The first kappa shape index (κ1) is 18.9. The van der Waals surface area contributed by atoms with Gasteiger partial charge >= 0.3 is 0 Å². The van der Waals surface area contributed by atoms with E-state index in [0.29, 0.717) is 0 Å². The summed E-state index contributed by atoms with van der Waals surface area (Å²) in [6, 6.07) is 0. The molecule has 0 aromatic rings. The molecule has 0 bridgehead atoms. The molecule has 2 heterocycles. The second-order valence-corrected chi connectivity index (χ2v) is 5.53. The standard InChI is InChI=1S/C12H22O11/c13-1-3-5(15)6(16)9(19)12(22-3)23-10-4(2-14)21-11(20)8(18)7(10)17/h3-20H,1-2H2/t3?,4?,5-,6+,7-,8?,9?,10-,11+,12-/m0/s1. The van der Waals surface area contributed by atoms with Gasteiger partial charge in [0.25, 0.3) is 0 Å². The number of ether oxygens (including phenoxy) is 3. The molecular weight excluding hydrogens is 320 g/mol. The van der Waals surface area contributed by atoms with Crippen LogP contribution < -0.4 is 0 Å². The van der Waals surface area contributed by atoms with Gasteiger partial charge in [-0.15, -0.1) is 0 Å². The fourth-order valence-electron chi connectivity index (χ4n) is 2.57. The van der Waals surface area contributed by atoms with Gasteiger partial charge in [-0.25, -0.2) is 0 Å². The Morgan fingerprint density at radius 3 is 1.83 bits per heavy atom. The quantitative estimate of drug-likeness (QED) is 0.243. The number of aliphatic hydroxyl groups excluding tert-OH is 8. The van der Waals surface area contributed by atoms with Gasteiger partial charge in [0.15, 0.2) is 12.6 Å². The van der Waals surface area contributed by atoms with E-state index in [9.17, 15) is 35.7 Å². The number of rotatable bonds is 4. The van der Waals surface area contributed by atoms with Crippen molar-refractivity contribution in [2.75, 3.05) is 13.2 Å². The van der Waals surface area contributed by atoms with Crippen molar-refractivity contribution in [1.29, 1.82) is 0 Å². The van der Waals surface area contributed by atoms with Gasteiger partial charge in [-0.05, 0) is 0 Å². The van der Waals surface area contributed by atoms with Gasteiger partial charge in [-0.2, -0.15) is 0 Å². The second kappa shape index (κ2) is 7.63. The minimum atomic E-state index is -1.74. The van der Waals surface area contributed by atoms with Crippen LogP contribution in [0.15, 0.2) is 0 Å². The predicted octanol–water partition coefficient (Wildman–Crippen LogP) is -5.40. The molecule has 0 spiro atoms. The Hall–Kier alpha value is -0.440. The third-order valence-electron chi connectivity index (χ3n) is 3.98. The van der Waals surface area contributed by atoms with Crippen LogP contribution >= 0.6 is 0 Å². The molecule has 2 rings (SSSR count). The van der Waals surface area contributed by atoms with Crippen LogP contribution in [-0.4, -0.2) is 115 Å². The fraction of sp³-hybridized carbons (Fsp3) is 1.00. The maximum absolute atomic E-state index is 9.94. The molecule has 2 saturated heterocycles. The second-order valence-electron chi connectivity index (χ2n) is 5.53. The summed E-state index contributed by atoms with van der Waals surface area (Å²) in [5, 5.41) is 76.5. The molecule has 0 aromatic heterocycles. The van der Waals surface area contributed by atoms with Crippen molar-refractivity contribution >= 4 is 0 Å². The van der Waals surface area contributed by atoms with Gasteiger partial charge < -0.3 is 55.1 Å². The van der Waals surface area contributed by atoms with E-state index < -0.39 is 74.6 Å². The summed E-state index contributed by atoms with van der Waals surface area (Å²) in [6.07, 6.45) is -15.6. The van der Waals surface area contributed by atoms with Gasteiger partial charge in [-0.1, -0.05) is 0 Å². The molecule has 0 amide bonds. The molecule has 11 heteroatoms. The zero-order chi connectivity index (χ0) is 17.3. The fourth-order valence-corrected chi connectivity index (χ4v) is 2.57. The molecule has 2 aliphatic rings. The Morgan fingerprint density at radius 2 is 1.26 bits per heavy atom. The van der Waals surface area contributed by atoms with E-state index in [1.807, 2.05) is 0 Å². The van der Waals surface area contributed by atoms with Crippen molar-refractivity contribution in [2.45, 2.75) is 61.4 Å². The first-order valence-electron chi connectivity index (χ1n) is 7.08. The van der Waals surface area contributed by atoms with Crippen LogP contribution in [-0.2, 0) is 14.2 Å². The average Bonchev–Trinajstić information content (AvgIpc) is 2.55. The van der Waals surface area contributed by atoms with Gasteiger partial charge in [0, 0.05) is 0 Å². The zero-order valence-electron chi connectivity index (χ0n) is 12.0. The van der Waals surface area contributed by atoms with Crippen LogP contribution in [0.2, 0.25) is 0 Å². The van der Waals surface area contributed by atoms with E-state index in [1.165, 1.54) is 0 Å². The van der Waals surface area contributed by atoms with Crippen molar-refractivity contribution in [1.82, 2.24) is 0 Å². The van der Waals surface area contributed by atoms with Crippen LogP contribution in [0.25, 0.3) is 0 Å². The van der Waals surface area contributed by atoms with Crippen LogP contribution in [0.3, 0.4) is 0 Å². The van der Waals surface area contributed by atoms with Gasteiger partial charge in [0.05, 0.1) is 13.2 Å². The highest BCUT2D eigenvalue weighted by Crippen LogP contribution is 2.28. The number of hydrogen-bond acceptors (Lipinski definition) is 11. The van der Waals surface area contributed by atoms with E-state index in [4.69, 9.17) is 19.3 Å². The van der Waals surface area contributed by atoms with Crippen LogP contribution in [0.4, 0.5) is 0 Å². The molecule has 0 aliphatic carbocycles. The Bertz CT molecular complexity index is 378. The third kappa shape index (κ3) is 3.65. The molecule has 0 radical (unpaired) electrons. The van der Waals surface area contributed by atoms with Crippen molar-refractivity contribution in [2.24, 2.45) is 0 Å². The molecule has 2 fully saturated rings. The summed E-state index contributed by atoms with van der Waals surface area (Å²) in [7, 11) is 0. The monoisotopic (exact) mass is 342 g/mol. The highest BCUT2D eigenvalue weighted by atomic mass is 16.7. The van der Waals surface area contributed by atoms with Crippen molar-refractivity contribution in [3.05, 3.63) is 0 Å². The zero-order valence-corrected chi connectivity index (χ0v) is 12.0. The minimum absolute atomic E-state index is 0.667. The van der Waals surface area contributed by atoms with Gasteiger partial charge in [-0.3, -0.25) is 0 Å². The van der Waals surface area contributed by atoms with Gasteiger partial charge in [0.1, 0.15) is 48.8 Å². The Labute approximate surface area is 130 Å². The molecule has 11 nitrogen and oxygen atoms in total. The van der Waals surface area contributed by atoms with Crippen molar-refractivity contribution in [3.63, 3.8) is 0 Å². The van der Waals surface area contributed by atoms with Crippen LogP contribution in [0.1, 0.15) is 0 Å². The van der Waals surface area contributed by atoms with Gasteiger partial charge in [0.2, 0.25) is 0 Å². The molecule has 2 aliphatic heterocycles. The van der Waals surface area contributed by atoms with Crippen molar-refractivity contribution < 1.29 is 55.1 Å². The lowest BCUT2D eigenvalue weighted by Crippen LogP contribution is -2.64. The molecule has 10 atom stereocenters. The lowest BCUT2D eigenvalue weighted by molar-refractivity contribution is -0.355. The highest BCUT2D eigenvalue weighted by Gasteiger charge is 2.50. The topological polar surface area (TPSA) is 190 Å². The Morgan fingerprint density at radius 1 is 0.652 bits per heavy atom. The van der Waals surface area contributed by atoms with E-state index in [-0.39, 0.29) is 0 Å². The number of aliphatic hydroxyl groups is 8. The first-order valence-corrected chi connectivity index (χ1v) is 7.08. The van der Waals surface area contributed by atoms with E-state index >= 15 is 0 Å². The molecular formula is C12H22O11. The largest absolute Gasteiger partial charge is 0.394 e. The summed E-state index contributed by atoms with van der Waals surface area (Å²) in [6.45, 7) is -1.35. The Kier molecular flexibility index (Phi) is 6.27. The molecule has 136 valence electrons. The maximum atomic E-state index is 9.94. The van der Waals surface area contributed by atoms with E-state index in [2.05, 4.69) is 0 Å². The van der Waals surface area contributed by atoms with Crippen LogP contribution in [0.5, 0.6) is 0 Å². The minimum Gasteiger partial charge on any atom is -0.394 e. The Balaban J connectivity index is 2.11. The summed E-state index contributed by atoms with van der Waals surface area (Å²) in [4.78, 5) is 0. The lowest BCUT2D eigenvalue weighted by Gasteiger charge is -2.45. The molecule has 4 unspecified atom stereocenters. The first-order chi connectivity index (χ1) is 10.8. The molecule has 8 N–H and O–H groups in total. The van der Waals surface area contributed by atoms with Crippen LogP contribution in [0, 0.1) is 0 Å². The summed E-state index contributed by atoms with van der Waals surface area (Å²) >= 11 is 0. The maximum Gasteiger partial charge on any atom is 0.187 e. The number of hydrogen-bond donors (Lipinski definition) is 8. The van der Waals surface area contributed by atoms with Crippen molar-refractivity contribution in [3.8, 4) is 0 Å². The highest BCUT2D eigenvalue weighted by molar-refractivity contribution is 4.93. The third-order valence-corrected chi connectivity index (χ3v) is 3.98. The molecule has 0 aromatic carbocycles.